The van der Waals surface area contributed by atoms with Crippen LogP contribution in [-0.2, 0) is 13.2 Å². The SMILES string of the molecule is Cn1nc(C(F)(F)F)cc1-c1ccc(O)cn1. The minimum atomic E-state index is -4.48. The number of alkyl halides is 3. The Morgan fingerprint density at radius 1 is 1.29 bits per heavy atom. The first-order valence-corrected chi connectivity index (χ1v) is 4.64. The van der Waals surface area contributed by atoms with E-state index in [1.165, 1.54) is 19.2 Å². The number of aromatic hydroxyl groups is 1. The zero-order valence-electron chi connectivity index (χ0n) is 8.73. The fourth-order valence-corrected chi connectivity index (χ4v) is 1.38. The van der Waals surface area contributed by atoms with Gasteiger partial charge in [0, 0.05) is 7.05 Å². The fourth-order valence-electron chi connectivity index (χ4n) is 1.38. The number of hydrogen-bond donors (Lipinski definition) is 1. The van der Waals surface area contributed by atoms with E-state index in [4.69, 9.17) is 5.11 Å². The van der Waals surface area contributed by atoms with Crippen molar-refractivity contribution in [2.45, 2.75) is 6.18 Å². The van der Waals surface area contributed by atoms with Gasteiger partial charge in [0.25, 0.3) is 0 Å². The maximum atomic E-state index is 12.4. The van der Waals surface area contributed by atoms with Gasteiger partial charge < -0.3 is 5.11 Å². The second-order valence-electron chi connectivity index (χ2n) is 3.44. The van der Waals surface area contributed by atoms with E-state index in [-0.39, 0.29) is 11.4 Å². The van der Waals surface area contributed by atoms with E-state index in [0.29, 0.717) is 5.69 Å². The highest BCUT2D eigenvalue weighted by atomic mass is 19.4. The Kier molecular flexibility index (Phi) is 2.53. The molecule has 4 nitrogen and oxygen atoms in total. The lowest BCUT2D eigenvalue weighted by atomic mass is 10.2. The molecule has 0 unspecified atom stereocenters. The maximum Gasteiger partial charge on any atom is 0.435 e. The number of pyridine rings is 1. The summed E-state index contributed by atoms with van der Waals surface area (Å²) in [6.07, 6.45) is -3.32. The molecule has 0 saturated carbocycles. The third-order valence-corrected chi connectivity index (χ3v) is 2.18. The Morgan fingerprint density at radius 2 is 2.00 bits per heavy atom. The van der Waals surface area contributed by atoms with Gasteiger partial charge in [0.15, 0.2) is 5.69 Å². The summed E-state index contributed by atoms with van der Waals surface area (Å²) in [7, 11) is 1.40. The van der Waals surface area contributed by atoms with Crippen molar-refractivity contribution in [2.24, 2.45) is 7.05 Å². The van der Waals surface area contributed by atoms with Crippen molar-refractivity contribution in [1.82, 2.24) is 14.8 Å². The first-order chi connectivity index (χ1) is 7.88. The van der Waals surface area contributed by atoms with Crippen molar-refractivity contribution in [1.29, 1.82) is 0 Å². The summed E-state index contributed by atoms with van der Waals surface area (Å²) in [5.74, 6) is -0.0491. The highest BCUT2D eigenvalue weighted by Gasteiger charge is 2.34. The van der Waals surface area contributed by atoms with E-state index >= 15 is 0 Å². The molecule has 90 valence electrons. The molecular weight excluding hydrogens is 235 g/mol. The largest absolute Gasteiger partial charge is 0.506 e. The number of aromatic nitrogens is 3. The predicted molar refractivity (Wildman–Crippen MR) is 53.1 cm³/mol. The number of halogens is 3. The Labute approximate surface area is 94.3 Å². The molecule has 2 heterocycles. The minimum Gasteiger partial charge on any atom is -0.506 e. The molecule has 0 amide bonds. The van der Waals surface area contributed by atoms with Gasteiger partial charge in [0.2, 0.25) is 0 Å². The maximum absolute atomic E-state index is 12.4. The molecule has 0 spiro atoms. The molecule has 1 N–H and O–H groups in total. The molecule has 17 heavy (non-hydrogen) atoms. The smallest absolute Gasteiger partial charge is 0.435 e. The summed E-state index contributed by atoms with van der Waals surface area (Å²) in [5.41, 5.74) is -0.421. The standard InChI is InChI=1S/C10H8F3N3O/c1-16-8(4-9(15-16)10(11,12)13)7-3-2-6(17)5-14-7/h2-5,17H,1H3. The number of rotatable bonds is 1. The third kappa shape index (κ3) is 2.22. The molecule has 0 saturated heterocycles. The summed E-state index contributed by atoms with van der Waals surface area (Å²) in [6.45, 7) is 0. The van der Waals surface area contributed by atoms with E-state index in [9.17, 15) is 13.2 Å². The molecule has 7 heteroatoms. The minimum absolute atomic E-state index is 0.0491. The van der Waals surface area contributed by atoms with E-state index in [2.05, 4.69) is 10.1 Å². The van der Waals surface area contributed by atoms with Gasteiger partial charge in [-0.15, -0.1) is 0 Å². The molecule has 0 aliphatic rings. The summed E-state index contributed by atoms with van der Waals surface area (Å²) < 4.78 is 38.4. The first-order valence-electron chi connectivity index (χ1n) is 4.64. The molecule has 0 aliphatic heterocycles. The van der Waals surface area contributed by atoms with Crippen molar-refractivity contribution in [3.05, 3.63) is 30.1 Å². The average molecular weight is 243 g/mol. The van der Waals surface area contributed by atoms with Crippen LogP contribution in [0, 0.1) is 0 Å². The molecule has 2 aromatic rings. The van der Waals surface area contributed by atoms with Crippen LogP contribution in [0.3, 0.4) is 0 Å². The second-order valence-corrected chi connectivity index (χ2v) is 3.44. The second kappa shape index (κ2) is 3.76. The van der Waals surface area contributed by atoms with Gasteiger partial charge >= 0.3 is 6.18 Å². The summed E-state index contributed by atoms with van der Waals surface area (Å²) in [4.78, 5) is 3.83. The van der Waals surface area contributed by atoms with Crippen LogP contribution in [-0.4, -0.2) is 19.9 Å². The van der Waals surface area contributed by atoms with Crippen LogP contribution in [0.2, 0.25) is 0 Å². The molecule has 0 radical (unpaired) electrons. The Hall–Kier alpha value is -2.05. The Morgan fingerprint density at radius 3 is 2.47 bits per heavy atom. The number of aryl methyl sites for hydroxylation is 1. The zero-order valence-corrected chi connectivity index (χ0v) is 8.73. The van der Waals surface area contributed by atoms with Crippen molar-refractivity contribution in [3.63, 3.8) is 0 Å². The number of nitrogens with zero attached hydrogens (tertiary/aromatic N) is 3. The van der Waals surface area contributed by atoms with Gasteiger partial charge in [-0.3, -0.25) is 9.67 Å². The molecule has 2 rings (SSSR count). The van der Waals surface area contributed by atoms with Gasteiger partial charge in [-0.2, -0.15) is 18.3 Å². The van der Waals surface area contributed by atoms with Crippen LogP contribution in [0.25, 0.3) is 11.4 Å². The molecule has 0 aromatic carbocycles. The van der Waals surface area contributed by atoms with Gasteiger partial charge in [-0.25, -0.2) is 0 Å². The summed E-state index contributed by atoms with van der Waals surface area (Å²) in [6, 6.07) is 3.69. The molecule has 0 atom stereocenters. The predicted octanol–water partition coefficient (Wildman–Crippen LogP) is 2.21. The Balaban J connectivity index is 2.46. The average Bonchev–Trinajstić information content (AvgIpc) is 2.61. The lowest BCUT2D eigenvalue weighted by Crippen LogP contribution is -2.06. The van der Waals surface area contributed by atoms with E-state index in [0.717, 1.165) is 16.9 Å². The van der Waals surface area contributed by atoms with E-state index in [1.807, 2.05) is 0 Å². The molecular formula is C10H8F3N3O. The van der Waals surface area contributed by atoms with E-state index < -0.39 is 11.9 Å². The zero-order chi connectivity index (χ0) is 12.6. The molecule has 0 fully saturated rings. The van der Waals surface area contributed by atoms with Crippen LogP contribution in [0.5, 0.6) is 5.75 Å². The number of hydrogen-bond acceptors (Lipinski definition) is 3. The highest BCUT2D eigenvalue weighted by molar-refractivity contribution is 5.55. The van der Waals surface area contributed by atoms with Gasteiger partial charge in [-0.05, 0) is 18.2 Å². The van der Waals surface area contributed by atoms with Crippen molar-refractivity contribution in [3.8, 4) is 17.1 Å². The third-order valence-electron chi connectivity index (χ3n) is 2.18. The van der Waals surface area contributed by atoms with Crippen LogP contribution >= 0.6 is 0 Å². The highest BCUT2D eigenvalue weighted by Crippen LogP contribution is 2.30. The van der Waals surface area contributed by atoms with Crippen molar-refractivity contribution < 1.29 is 18.3 Å². The first kappa shape index (κ1) is 11.4. The lowest BCUT2D eigenvalue weighted by Gasteiger charge is -2.00. The van der Waals surface area contributed by atoms with Gasteiger partial charge in [0.1, 0.15) is 5.75 Å². The molecule has 0 aliphatic carbocycles. The Bertz CT molecular complexity index is 531. The van der Waals surface area contributed by atoms with Crippen molar-refractivity contribution >= 4 is 0 Å². The topological polar surface area (TPSA) is 50.9 Å². The van der Waals surface area contributed by atoms with E-state index in [1.54, 1.807) is 0 Å². The summed E-state index contributed by atoms with van der Waals surface area (Å²) in [5, 5.41) is 12.4. The van der Waals surface area contributed by atoms with Crippen LogP contribution in [0.4, 0.5) is 13.2 Å². The fraction of sp³-hybridized carbons (Fsp3) is 0.200. The molecule has 2 aromatic heterocycles. The summed E-state index contributed by atoms with van der Waals surface area (Å²) >= 11 is 0. The lowest BCUT2D eigenvalue weighted by molar-refractivity contribution is -0.141. The normalized spacial score (nSPS) is 11.8. The van der Waals surface area contributed by atoms with Crippen molar-refractivity contribution in [2.75, 3.05) is 0 Å². The van der Waals surface area contributed by atoms with Crippen LogP contribution < -0.4 is 0 Å². The van der Waals surface area contributed by atoms with Crippen LogP contribution in [0.15, 0.2) is 24.4 Å². The van der Waals surface area contributed by atoms with Crippen LogP contribution in [0.1, 0.15) is 5.69 Å². The monoisotopic (exact) mass is 243 g/mol. The molecule has 0 bridgehead atoms. The van der Waals surface area contributed by atoms with Gasteiger partial charge in [0.05, 0.1) is 17.6 Å². The van der Waals surface area contributed by atoms with Gasteiger partial charge in [-0.1, -0.05) is 0 Å². The quantitative estimate of drug-likeness (QED) is 0.835.